The first-order chi connectivity index (χ1) is 15.7. The van der Waals surface area contributed by atoms with Gasteiger partial charge in [0.1, 0.15) is 0 Å². The molecule has 4 rings (SSSR count). The Hall–Kier alpha value is -3.38. The Morgan fingerprint density at radius 2 is 1.69 bits per heavy atom. The molecule has 2 aromatic carbocycles. The van der Waals surface area contributed by atoms with Crippen LogP contribution in [0.5, 0.6) is 11.5 Å². The molecule has 0 aliphatic carbocycles. The monoisotopic (exact) mass is 431 g/mol. The molecule has 0 bridgehead atoms. The van der Waals surface area contributed by atoms with Gasteiger partial charge in [0.25, 0.3) is 5.91 Å². The van der Waals surface area contributed by atoms with Crippen LogP contribution in [0.2, 0.25) is 0 Å². The smallest absolute Gasteiger partial charge is 0.258 e. The fourth-order valence-electron chi connectivity index (χ4n) is 4.24. The predicted molar refractivity (Wildman–Crippen MR) is 125 cm³/mol. The average Bonchev–Trinajstić information content (AvgIpc) is 2.86. The lowest BCUT2D eigenvalue weighted by Gasteiger charge is -2.38. The summed E-state index contributed by atoms with van der Waals surface area (Å²) < 4.78 is 10.9. The van der Waals surface area contributed by atoms with Gasteiger partial charge in [0.15, 0.2) is 11.5 Å². The Bertz CT molecular complexity index is 1020. The molecule has 0 N–H and O–H groups in total. The number of amides is 1. The molecule has 1 saturated heterocycles. The Labute approximate surface area is 189 Å². The first-order valence-electron chi connectivity index (χ1n) is 10.9. The van der Waals surface area contributed by atoms with E-state index < -0.39 is 0 Å². The van der Waals surface area contributed by atoms with E-state index in [2.05, 4.69) is 16.0 Å². The SMILES string of the molecule is COc1ccc(N(C(=O)c2ccccc2)C2CCN(Cc3ccccn3)CC2)cc1OC. The Balaban J connectivity index is 1.57. The van der Waals surface area contributed by atoms with Crippen molar-refractivity contribution in [2.45, 2.75) is 25.4 Å². The van der Waals surface area contributed by atoms with E-state index in [4.69, 9.17) is 9.47 Å². The van der Waals surface area contributed by atoms with E-state index in [0.29, 0.717) is 17.1 Å². The second kappa shape index (κ2) is 10.3. The number of methoxy groups -OCH3 is 2. The number of anilines is 1. The molecule has 0 spiro atoms. The second-order valence-electron chi connectivity index (χ2n) is 7.91. The summed E-state index contributed by atoms with van der Waals surface area (Å²) in [7, 11) is 3.23. The zero-order chi connectivity index (χ0) is 22.3. The molecule has 0 radical (unpaired) electrons. The van der Waals surface area contributed by atoms with Gasteiger partial charge in [0.05, 0.1) is 19.9 Å². The third-order valence-electron chi connectivity index (χ3n) is 5.92. The van der Waals surface area contributed by atoms with Crippen molar-refractivity contribution in [3.05, 3.63) is 84.2 Å². The zero-order valence-electron chi connectivity index (χ0n) is 18.6. The molecule has 0 unspecified atom stereocenters. The van der Waals surface area contributed by atoms with Crippen molar-refractivity contribution in [3.8, 4) is 11.5 Å². The van der Waals surface area contributed by atoms with Gasteiger partial charge < -0.3 is 14.4 Å². The standard InChI is InChI=1S/C26H29N3O3/c1-31-24-12-11-23(18-25(24)32-2)29(26(30)20-8-4-3-5-9-20)22-13-16-28(17-14-22)19-21-10-6-7-15-27-21/h3-12,15,18,22H,13-14,16-17,19H2,1-2H3. The van der Waals surface area contributed by atoms with E-state index in [-0.39, 0.29) is 11.9 Å². The summed E-state index contributed by atoms with van der Waals surface area (Å²) in [5.74, 6) is 1.26. The van der Waals surface area contributed by atoms with Gasteiger partial charge in [-0.05, 0) is 49.2 Å². The number of benzene rings is 2. The van der Waals surface area contributed by atoms with Crippen molar-refractivity contribution in [2.24, 2.45) is 0 Å². The molecule has 0 saturated carbocycles. The van der Waals surface area contributed by atoms with Crippen molar-refractivity contribution in [1.29, 1.82) is 0 Å². The molecule has 2 heterocycles. The molecule has 166 valence electrons. The van der Waals surface area contributed by atoms with E-state index in [9.17, 15) is 4.79 Å². The number of hydrogen-bond acceptors (Lipinski definition) is 5. The number of hydrogen-bond donors (Lipinski definition) is 0. The number of carbonyl (C=O) groups is 1. The summed E-state index contributed by atoms with van der Waals surface area (Å²) in [4.78, 5) is 22.4. The molecular formula is C26H29N3O3. The summed E-state index contributed by atoms with van der Waals surface area (Å²) >= 11 is 0. The highest BCUT2D eigenvalue weighted by atomic mass is 16.5. The van der Waals surface area contributed by atoms with Crippen LogP contribution in [0.15, 0.2) is 72.9 Å². The van der Waals surface area contributed by atoms with Crippen LogP contribution in [-0.4, -0.2) is 49.1 Å². The van der Waals surface area contributed by atoms with Gasteiger partial charge in [-0.25, -0.2) is 0 Å². The number of ether oxygens (including phenoxy) is 2. The largest absolute Gasteiger partial charge is 0.493 e. The van der Waals surface area contributed by atoms with Gasteiger partial charge in [-0.2, -0.15) is 0 Å². The van der Waals surface area contributed by atoms with Gasteiger partial charge >= 0.3 is 0 Å². The number of rotatable bonds is 7. The normalized spacial score (nSPS) is 14.7. The van der Waals surface area contributed by atoms with Gasteiger partial charge in [-0.3, -0.25) is 14.7 Å². The van der Waals surface area contributed by atoms with Crippen LogP contribution in [-0.2, 0) is 6.54 Å². The van der Waals surface area contributed by atoms with Crippen LogP contribution in [0.1, 0.15) is 28.9 Å². The average molecular weight is 432 g/mol. The molecule has 0 atom stereocenters. The molecular weight excluding hydrogens is 402 g/mol. The molecule has 1 aliphatic heterocycles. The van der Waals surface area contributed by atoms with E-state index in [1.165, 1.54) is 0 Å². The number of likely N-dealkylation sites (tertiary alicyclic amines) is 1. The van der Waals surface area contributed by atoms with Gasteiger partial charge in [0.2, 0.25) is 0 Å². The van der Waals surface area contributed by atoms with Crippen LogP contribution in [0.4, 0.5) is 5.69 Å². The summed E-state index contributed by atoms with van der Waals surface area (Å²) in [6.45, 7) is 2.65. The third kappa shape index (κ3) is 4.92. The maximum absolute atomic E-state index is 13.6. The summed E-state index contributed by atoms with van der Waals surface area (Å²) in [5.41, 5.74) is 2.57. The maximum atomic E-state index is 13.6. The number of piperidine rings is 1. The highest BCUT2D eigenvalue weighted by Crippen LogP contribution is 2.34. The number of aromatic nitrogens is 1. The van der Waals surface area contributed by atoms with Crippen LogP contribution in [0.3, 0.4) is 0 Å². The number of nitrogens with zero attached hydrogens (tertiary/aromatic N) is 3. The van der Waals surface area contributed by atoms with Crippen LogP contribution >= 0.6 is 0 Å². The molecule has 6 heteroatoms. The summed E-state index contributed by atoms with van der Waals surface area (Å²) in [5, 5.41) is 0. The summed E-state index contributed by atoms with van der Waals surface area (Å²) in [6, 6.07) is 21.2. The quantitative estimate of drug-likeness (QED) is 0.555. The van der Waals surface area contributed by atoms with Crippen molar-refractivity contribution < 1.29 is 14.3 Å². The Kier molecular flexibility index (Phi) is 7.02. The first-order valence-corrected chi connectivity index (χ1v) is 10.9. The molecule has 1 aromatic heterocycles. The summed E-state index contributed by atoms with van der Waals surface area (Å²) in [6.07, 6.45) is 3.61. The van der Waals surface area contributed by atoms with Gasteiger partial charge in [-0.15, -0.1) is 0 Å². The lowest BCUT2D eigenvalue weighted by atomic mass is 10.0. The lowest BCUT2D eigenvalue weighted by Crippen LogP contribution is -2.47. The molecule has 3 aromatic rings. The van der Waals surface area contributed by atoms with Crippen molar-refractivity contribution in [1.82, 2.24) is 9.88 Å². The van der Waals surface area contributed by atoms with Crippen molar-refractivity contribution in [3.63, 3.8) is 0 Å². The van der Waals surface area contributed by atoms with Gasteiger partial charge in [0, 0.05) is 49.2 Å². The van der Waals surface area contributed by atoms with E-state index >= 15 is 0 Å². The van der Waals surface area contributed by atoms with E-state index in [0.717, 1.165) is 43.9 Å². The number of carbonyl (C=O) groups excluding carboxylic acids is 1. The van der Waals surface area contributed by atoms with Gasteiger partial charge in [-0.1, -0.05) is 24.3 Å². The fraction of sp³-hybridized carbons (Fsp3) is 0.308. The minimum absolute atomic E-state index is 0.000922. The predicted octanol–water partition coefficient (Wildman–Crippen LogP) is 4.41. The molecule has 6 nitrogen and oxygen atoms in total. The lowest BCUT2D eigenvalue weighted by molar-refractivity contribution is 0.0958. The van der Waals surface area contributed by atoms with Crippen LogP contribution in [0, 0.1) is 0 Å². The molecule has 1 fully saturated rings. The van der Waals surface area contributed by atoms with Crippen LogP contribution < -0.4 is 14.4 Å². The molecule has 32 heavy (non-hydrogen) atoms. The van der Waals surface area contributed by atoms with E-state index in [1.54, 1.807) is 14.2 Å². The number of pyridine rings is 1. The van der Waals surface area contributed by atoms with Crippen molar-refractivity contribution >= 4 is 11.6 Å². The van der Waals surface area contributed by atoms with E-state index in [1.807, 2.05) is 71.8 Å². The zero-order valence-corrected chi connectivity index (χ0v) is 18.6. The maximum Gasteiger partial charge on any atom is 0.258 e. The Morgan fingerprint density at radius 3 is 2.34 bits per heavy atom. The fourth-order valence-corrected chi connectivity index (χ4v) is 4.24. The first kappa shape index (κ1) is 21.8. The Morgan fingerprint density at radius 1 is 0.969 bits per heavy atom. The molecule has 1 aliphatic rings. The topological polar surface area (TPSA) is 54.9 Å². The van der Waals surface area contributed by atoms with Crippen LogP contribution in [0.25, 0.3) is 0 Å². The third-order valence-corrected chi connectivity index (χ3v) is 5.92. The highest BCUT2D eigenvalue weighted by Gasteiger charge is 2.30. The minimum Gasteiger partial charge on any atom is -0.493 e. The second-order valence-corrected chi connectivity index (χ2v) is 7.91. The van der Waals surface area contributed by atoms with Crippen molar-refractivity contribution in [2.75, 3.05) is 32.2 Å². The minimum atomic E-state index is 0.000922. The molecule has 1 amide bonds. The highest BCUT2D eigenvalue weighted by molar-refractivity contribution is 6.06.